The van der Waals surface area contributed by atoms with Crippen molar-refractivity contribution in [3.8, 4) is 0 Å². The van der Waals surface area contributed by atoms with Gasteiger partial charge in [0, 0.05) is 5.71 Å². The quantitative estimate of drug-likeness (QED) is 0.557. The Hall–Kier alpha value is -0.790. The summed E-state index contributed by atoms with van der Waals surface area (Å²) in [6.07, 6.45) is 0. The van der Waals surface area contributed by atoms with Crippen LogP contribution in [-0.4, -0.2) is 12.3 Å². The van der Waals surface area contributed by atoms with Crippen molar-refractivity contribution in [2.75, 3.05) is 6.54 Å². The lowest BCUT2D eigenvalue weighted by atomic mass is 10.1. The van der Waals surface area contributed by atoms with E-state index in [9.17, 15) is 0 Å². The molecular formula is C7H12N2. The lowest BCUT2D eigenvalue weighted by Crippen LogP contribution is -2.16. The minimum absolute atomic E-state index is 0.553. The maximum Gasteiger partial charge on any atom is 0.118 e. The zero-order valence-corrected chi connectivity index (χ0v) is 5.94. The molecule has 0 aromatic heterocycles. The highest BCUT2D eigenvalue weighted by molar-refractivity contribution is 5.90. The highest BCUT2D eigenvalue weighted by Gasteiger charge is 2.10. The van der Waals surface area contributed by atoms with E-state index in [2.05, 4.69) is 30.7 Å². The molecule has 0 saturated heterocycles. The summed E-state index contributed by atoms with van der Waals surface area (Å²) in [5.41, 5.74) is 1.21. The van der Waals surface area contributed by atoms with Crippen molar-refractivity contribution in [2.45, 2.75) is 13.8 Å². The van der Waals surface area contributed by atoms with Gasteiger partial charge < -0.3 is 5.32 Å². The number of rotatable bonds is 1. The van der Waals surface area contributed by atoms with Gasteiger partial charge in [0.15, 0.2) is 0 Å². The van der Waals surface area contributed by atoms with Crippen molar-refractivity contribution in [1.29, 1.82) is 0 Å². The van der Waals surface area contributed by atoms with Crippen LogP contribution in [0.3, 0.4) is 0 Å². The van der Waals surface area contributed by atoms with E-state index in [-0.39, 0.29) is 0 Å². The van der Waals surface area contributed by atoms with Crippen LogP contribution in [0.2, 0.25) is 0 Å². The van der Waals surface area contributed by atoms with Gasteiger partial charge in [0.05, 0.1) is 6.54 Å². The molecule has 0 fully saturated rings. The fourth-order valence-corrected chi connectivity index (χ4v) is 0.778. The molecule has 1 aliphatic rings. The van der Waals surface area contributed by atoms with Crippen molar-refractivity contribution >= 4 is 5.71 Å². The second kappa shape index (κ2) is 2.21. The topological polar surface area (TPSA) is 24.4 Å². The fourth-order valence-electron chi connectivity index (χ4n) is 0.778. The van der Waals surface area contributed by atoms with Crippen molar-refractivity contribution in [2.24, 2.45) is 10.9 Å². The molecule has 2 nitrogen and oxygen atoms in total. The Morgan fingerprint density at radius 3 is 2.56 bits per heavy atom. The molecule has 1 rings (SSSR count). The Morgan fingerprint density at radius 2 is 2.33 bits per heavy atom. The monoisotopic (exact) mass is 124 g/mol. The minimum atomic E-state index is 0.553. The number of nitrogens with one attached hydrogen (secondary N) is 1. The van der Waals surface area contributed by atoms with Crippen LogP contribution in [0.4, 0.5) is 0 Å². The summed E-state index contributed by atoms with van der Waals surface area (Å²) >= 11 is 0. The molecule has 0 amide bonds. The number of hydrogen-bond acceptors (Lipinski definition) is 2. The van der Waals surface area contributed by atoms with Gasteiger partial charge in [-0.2, -0.15) is 0 Å². The molecule has 9 heavy (non-hydrogen) atoms. The van der Waals surface area contributed by atoms with Crippen LogP contribution in [0.1, 0.15) is 13.8 Å². The van der Waals surface area contributed by atoms with Gasteiger partial charge >= 0.3 is 0 Å². The van der Waals surface area contributed by atoms with E-state index in [4.69, 9.17) is 0 Å². The highest BCUT2D eigenvalue weighted by atomic mass is 15.1. The number of hydrogen-bond donors (Lipinski definition) is 1. The molecule has 2 heteroatoms. The van der Waals surface area contributed by atoms with Crippen LogP contribution in [-0.2, 0) is 0 Å². The molecule has 1 heterocycles. The number of aliphatic imine (C=N–C) groups is 1. The number of nitrogens with zero attached hydrogens (tertiary/aromatic N) is 1. The van der Waals surface area contributed by atoms with Crippen molar-refractivity contribution in [3.05, 3.63) is 12.4 Å². The molecule has 0 bridgehead atoms. The lowest BCUT2D eigenvalue weighted by molar-refractivity contribution is 0.863. The Balaban J connectivity index is 2.62. The maximum atomic E-state index is 4.20. The van der Waals surface area contributed by atoms with Crippen molar-refractivity contribution in [3.63, 3.8) is 0 Å². The average molecular weight is 124 g/mol. The fraction of sp³-hybridized carbons (Fsp3) is 0.571. The predicted octanol–water partition coefficient (Wildman–Crippen LogP) is 1.16. The Kier molecular flexibility index (Phi) is 1.56. The van der Waals surface area contributed by atoms with Gasteiger partial charge in [-0.15, -0.1) is 0 Å². The van der Waals surface area contributed by atoms with E-state index < -0.39 is 0 Å². The molecule has 0 aliphatic carbocycles. The molecule has 0 atom stereocenters. The molecule has 0 unspecified atom stereocenters. The third kappa shape index (κ3) is 1.31. The van der Waals surface area contributed by atoms with Gasteiger partial charge in [0.25, 0.3) is 0 Å². The van der Waals surface area contributed by atoms with E-state index in [1.807, 2.05) is 0 Å². The van der Waals surface area contributed by atoms with Gasteiger partial charge in [-0.25, -0.2) is 4.99 Å². The second-order valence-electron chi connectivity index (χ2n) is 2.56. The first-order valence-corrected chi connectivity index (χ1v) is 3.20. The molecule has 0 aromatic carbocycles. The third-order valence-electron chi connectivity index (χ3n) is 1.42. The average Bonchev–Trinajstić information content (AvgIpc) is 2.14. The lowest BCUT2D eigenvalue weighted by Gasteiger charge is -1.99. The van der Waals surface area contributed by atoms with Gasteiger partial charge in [-0.1, -0.05) is 20.4 Å². The van der Waals surface area contributed by atoms with Crippen LogP contribution in [0, 0.1) is 5.92 Å². The first-order valence-electron chi connectivity index (χ1n) is 3.20. The summed E-state index contributed by atoms with van der Waals surface area (Å²) in [7, 11) is 0. The van der Waals surface area contributed by atoms with Gasteiger partial charge in [0.1, 0.15) is 5.82 Å². The normalized spacial score (nSPS) is 18.1. The van der Waals surface area contributed by atoms with Crippen molar-refractivity contribution in [1.82, 2.24) is 5.32 Å². The Bertz CT molecular complexity index is 156. The molecule has 0 radical (unpaired) electrons. The molecule has 0 saturated carbocycles. The van der Waals surface area contributed by atoms with E-state index in [0.717, 1.165) is 12.4 Å². The van der Waals surface area contributed by atoms with E-state index in [1.54, 1.807) is 0 Å². The standard InChI is InChI=1S/C7H12N2/c1-5(2)7-4-8-6(3)9-7/h5,8H,3-4H2,1-2H3. The molecule has 0 aromatic rings. The highest BCUT2D eigenvalue weighted by Crippen LogP contribution is 2.05. The largest absolute Gasteiger partial charge is 0.365 e. The third-order valence-corrected chi connectivity index (χ3v) is 1.42. The summed E-state index contributed by atoms with van der Waals surface area (Å²) < 4.78 is 0. The van der Waals surface area contributed by atoms with Crippen LogP contribution in [0.5, 0.6) is 0 Å². The van der Waals surface area contributed by atoms with Crippen LogP contribution < -0.4 is 5.32 Å². The summed E-state index contributed by atoms with van der Waals surface area (Å²) in [6.45, 7) is 8.85. The molecule has 50 valence electrons. The first-order chi connectivity index (χ1) is 4.20. The van der Waals surface area contributed by atoms with Crippen molar-refractivity contribution < 1.29 is 0 Å². The zero-order chi connectivity index (χ0) is 6.85. The summed E-state index contributed by atoms with van der Waals surface area (Å²) in [6, 6.07) is 0. The van der Waals surface area contributed by atoms with Crippen LogP contribution >= 0.6 is 0 Å². The predicted molar refractivity (Wildman–Crippen MR) is 39.4 cm³/mol. The zero-order valence-electron chi connectivity index (χ0n) is 5.94. The van der Waals surface area contributed by atoms with Crippen LogP contribution in [0.15, 0.2) is 17.4 Å². The van der Waals surface area contributed by atoms with Gasteiger partial charge in [-0.3, -0.25) is 0 Å². The maximum absolute atomic E-state index is 4.20. The first kappa shape index (κ1) is 6.33. The summed E-state index contributed by atoms with van der Waals surface area (Å²) in [5.74, 6) is 1.36. The van der Waals surface area contributed by atoms with Crippen LogP contribution in [0.25, 0.3) is 0 Å². The summed E-state index contributed by atoms with van der Waals surface area (Å²) in [4.78, 5) is 4.20. The second-order valence-corrected chi connectivity index (χ2v) is 2.56. The Labute approximate surface area is 55.7 Å². The van der Waals surface area contributed by atoms with Gasteiger partial charge in [-0.05, 0) is 5.92 Å². The molecule has 1 N–H and O–H groups in total. The minimum Gasteiger partial charge on any atom is -0.365 e. The van der Waals surface area contributed by atoms with Gasteiger partial charge in [0.2, 0.25) is 0 Å². The summed E-state index contributed by atoms with van der Waals surface area (Å²) in [5, 5.41) is 3.05. The molecule has 0 spiro atoms. The smallest absolute Gasteiger partial charge is 0.118 e. The SMILES string of the molecule is C=C1N=C(C(C)C)CN1. The van der Waals surface area contributed by atoms with E-state index in [0.29, 0.717) is 5.92 Å². The van der Waals surface area contributed by atoms with E-state index >= 15 is 0 Å². The molecular weight excluding hydrogens is 112 g/mol. The van der Waals surface area contributed by atoms with E-state index in [1.165, 1.54) is 5.71 Å². The molecule has 1 aliphatic heterocycles. The Morgan fingerprint density at radius 1 is 1.67 bits per heavy atom.